The Morgan fingerprint density at radius 2 is 1.85 bits per heavy atom. The smallest absolute Gasteiger partial charge is 0.350 e. The minimum Gasteiger partial charge on any atom is -0.350 e. The van der Waals surface area contributed by atoms with Crippen molar-refractivity contribution >= 4 is 23.6 Å². The van der Waals surface area contributed by atoms with E-state index in [9.17, 15) is 22.8 Å². The molecule has 2 amide bonds. The molecule has 0 radical (unpaired) electrons. The largest absolute Gasteiger partial charge is 0.416 e. The van der Waals surface area contributed by atoms with Crippen molar-refractivity contribution in [2.45, 2.75) is 24.1 Å². The van der Waals surface area contributed by atoms with Crippen LogP contribution >= 0.6 is 11.8 Å². The van der Waals surface area contributed by atoms with Crippen LogP contribution in [0.5, 0.6) is 0 Å². The first-order valence-corrected chi connectivity index (χ1v) is 9.39. The number of amides is 2. The van der Waals surface area contributed by atoms with Gasteiger partial charge in [-0.05, 0) is 23.3 Å². The molecule has 0 saturated carbocycles. The first kappa shape index (κ1) is 17.9. The zero-order chi connectivity index (χ0) is 19.2. The van der Waals surface area contributed by atoms with E-state index >= 15 is 0 Å². The SMILES string of the molecule is O=C(NCc1ccccc1C(F)(F)F)C1CSC2c3ccccc3C(=O)N12. The van der Waals surface area contributed by atoms with Crippen LogP contribution in [0.4, 0.5) is 13.2 Å². The van der Waals surface area contributed by atoms with Crippen molar-refractivity contribution in [1.82, 2.24) is 10.2 Å². The Balaban J connectivity index is 1.49. The van der Waals surface area contributed by atoms with Gasteiger partial charge < -0.3 is 10.2 Å². The molecule has 8 heteroatoms. The van der Waals surface area contributed by atoms with Gasteiger partial charge in [0.05, 0.1) is 5.56 Å². The highest BCUT2D eigenvalue weighted by atomic mass is 32.2. The molecule has 0 spiro atoms. The fraction of sp³-hybridized carbons (Fsp3) is 0.263. The van der Waals surface area contributed by atoms with Crippen molar-refractivity contribution in [3.05, 3.63) is 70.8 Å². The van der Waals surface area contributed by atoms with Gasteiger partial charge in [0.15, 0.2) is 0 Å². The molecule has 1 saturated heterocycles. The monoisotopic (exact) mass is 392 g/mol. The molecule has 0 aliphatic carbocycles. The van der Waals surface area contributed by atoms with E-state index in [-0.39, 0.29) is 23.4 Å². The summed E-state index contributed by atoms with van der Waals surface area (Å²) in [6.07, 6.45) is -4.48. The number of alkyl halides is 3. The number of nitrogens with one attached hydrogen (secondary N) is 1. The number of nitrogens with zero attached hydrogens (tertiary/aromatic N) is 1. The topological polar surface area (TPSA) is 49.4 Å². The van der Waals surface area contributed by atoms with Gasteiger partial charge in [-0.1, -0.05) is 36.4 Å². The van der Waals surface area contributed by atoms with Gasteiger partial charge in [-0.25, -0.2) is 0 Å². The second-order valence-corrected chi connectivity index (χ2v) is 7.49. The third kappa shape index (κ3) is 3.07. The second-order valence-electron chi connectivity index (χ2n) is 6.37. The summed E-state index contributed by atoms with van der Waals surface area (Å²) in [6.45, 7) is -0.241. The molecule has 2 heterocycles. The van der Waals surface area contributed by atoms with Gasteiger partial charge in [-0.3, -0.25) is 9.59 Å². The van der Waals surface area contributed by atoms with E-state index in [0.29, 0.717) is 11.3 Å². The molecule has 1 fully saturated rings. The van der Waals surface area contributed by atoms with E-state index in [1.54, 1.807) is 12.1 Å². The maximum absolute atomic E-state index is 13.1. The minimum atomic E-state index is -4.48. The van der Waals surface area contributed by atoms with Crippen LogP contribution in [-0.2, 0) is 17.5 Å². The summed E-state index contributed by atoms with van der Waals surface area (Å²) in [5.74, 6) is -0.239. The summed E-state index contributed by atoms with van der Waals surface area (Å²) in [7, 11) is 0. The predicted molar refractivity (Wildman–Crippen MR) is 94.9 cm³/mol. The van der Waals surface area contributed by atoms with Gasteiger partial charge in [-0.2, -0.15) is 13.2 Å². The van der Waals surface area contributed by atoms with Gasteiger partial charge in [0.2, 0.25) is 5.91 Å². The molecule has 2 aromatic carbocycles. The van der Waals surface area contributed by atoms with E-state index < -0.39 is 23.7 Å². The van der Waals surface area contributed by atoms with Gasteiger partial charge in [0.1, 0.15) is 11.4 Å². The molecule has 2 atom stereocenters. The van der Waals surface area contributed by atoms with Crippen molar-refractivity contribution in [2.75, 3.05) is 5.75 Å². The molecule has 1 N–H and O–H groups in total. The van der Waals surface area contributed by atoms with E-state index in [0.717, 1.165) is 11.6 Å². The maximum atomic E-state index is 13.1. The Kier molecular flexibility index (Phi) is 4.38. The van der Waals surface area contributed by atoms with Crippen molar-refractivity contribution in [2.24, 2.45) is 0 Å². The highest BCUT2D eigenvalue weighted by Gasteiger charge is 2.48. The summed E-state index contributed by atoms with van der Waals surface area (Å²) in [5.41, 5.74) is 0.686. The predicted octanol–water partition coefficient (Wildman–Crippen LogP) is 3.59. The maximum Gasteiger partial charge on any atom is 0.416 e. The summed E-state index contributed by atoms with van der Waals surface area (Å²) in [5, 5.41) is 2.35. The Bertz CT molecular complexity index is 916. The number of hydrogen-bond acceptors (Lipinski definition) is 3. The van der Waals surface area contributed by atoms with Crippen LogP contribution in [0.3, 0.4) is 0 Å². The van der Waals surface area contributed by atoms with Crippen LogP contribution in [-0.4, -0.2) is 28.5 Å². The standard InChI is InChI=1S/C19H15F3N2O2S/c20-19(21,22)14-8-4-1-5-11(14)9-23-16(25)15-10-27-18-13-7-3-2-6-12(13)17(26)24(15)18/h1-8,15,18H,9-10H2,(H,23,25). The molecule has 0 aromatic heterocycles. The Morgan fingerprint density at radius 1 is 1.15 bits per heavy atom. The van der Waals surface area contributed by atoms with Crippen LogP contribution in [0, 0.1) is 0 Å². The zero-order valence-electron chi connectivity index (χ0n) is 14.0. The highest BCUT2D eigenvalue weighted by molar-refractivity contribution is 7.99. The Labute approximate surface area is 157 Å². The number of thioether (sulfide) groups is 1. The van der Waals surface area contributed by atoms with Gasteiger partial charge in [0, 0.05) is 17.9 Å². The number of fused-ring (bicyclic) bond motifs is 3. The highest BCUT2D eigenvalue weighted by Crippen LogP contribution is 2.48. The van der Waals surface area contributed by atoms with Crippen molar-refractivity contribution < 1.29 is 22.8 Å². The number of hydrogen-bond donors (Lipinski definition) is 1. The van der Waals surface area contributed by atoms with Crippen LogP contribution in [0.1, 0.15) is 32.4 Å². The van der Waals surface area contributed by atoms with E-state index in [2.05, 4.69) is 5.32 Å². The molecule has 4 rings (SSSR count). The van der Waals surface area contributed by atoms with E-state index in [4.69, 9.17) is 0 Å². The molecular weight excluding hydrogens is 377 g/mol. The molecule has 2 unspecified atom stereocenters. The number of carbonyl (C=O) groups excluding carboxylic acids is 2. The van der Waals surface area contributed by atoms with Gasteiger partial charge in [0.25, 0.3) is 5.91 Å². The van der Waals surface area contributed by atoms with Gasteiger partial charge in [-0.15, -0.1) is 11.8 Å². The van der Waals surface area contributed by atoms with Crippen LogP contribution < -0.4 is 5.32 Å². The zero-order valence-corrected chi connectivity index (χ0v) is 14.8. The van der Waals surface area contributed by atoms with Crippen molar-refractivity contribution in [3.8, 4) is 0 Å². The molecule has 0 bridgehead atoms. The third-order valence-electron chi connectivity index (χ3n) is 4.77. The third-order valence-corrected chi connectivity index (χ3v) is 6.08. The quantitative estimate of drug-likeness (QED) is 0.869. The van der Waals surface area contributed by atoms with Crippen LogP contribution in [0.25, 0.3) is 0 Å². The molecule has 2 aliphatic rings. The first-order chi connectivity index (χ1) is 12.9. The summed E-state index contributed by atoms with van der Waals surface area (Å²) in [6, 6.07) is 11.7. The average Bonchev–Trinajstić information content (AvgIpc) is 3.20. The average molecular weight is 392 g/mol. The molecule has 4 nitrogen and oxygen atoms in total. The molecule has 2 aromatic rings. The fourth-order valence-corrected chi connectivity index (χ4v) is 4.96. The first-order valence-electron chi connectivity index (χ1n) is 8.34. The lowest BCUT2D eigenvalue weighted by atomic mass is 10.1. The number of rotatable bonds is 3. The molecular formula is C19H15F3N2O2S. The van der Waals surface area contributed by atoms with Crippen molar-refractivity contribution in [3.63, 3.8) is 0 Å². The lowest BCUT2D eigenvalue weighted by Crippen LogP contribution is -2.45. The summed E-state index contributed by atoms with van der Waals surface area (Å²) >= 11 is 1.49. The summed E-state index contributed by atoms with van der Waals surface area (Å²) < 4.78 is 39.3. The van der Waals surface area contributed by atoms with Crippen LogP contribution in [0.2, 0.25) is 0 Å². The molecule has 140 valence electrons. The number of halogens is 3. The lowest BCUT2D eigenvalue weighted by molar-refractivity contribution is -0.138. The van der Waals surface area contributed by atoms with Gasteiger partial charge >= 0.3 is 6.18 Å². The molecule has 27 heavy (non-hydrogen) atoms. The van der Waals surface area contributed by atoms with Crippen LogP contribution in [0.15, 0.2) is 48.5 Å². The normalized spacial score (nSPS) is 21.1. The Hall–Kier alpha value is -2.48. The number of carbonyl (C=O) groups is 2. The fourth-order valence-electron chi connectivity index (χ4n) is 3.49. The summed E-state index contributed by atoms with van der Waals surface area (Å²) in [4.78, 5) is 26.8. The van der Waals surface area contributed by atoms with E-state index in [1.165, 1.54) is 34.9 Å². The van der Waals surface area contributed by atoms with Crippen molar-refractivity contribution in [1.29, 1.82) is 0 Å². The molecule has 2 aliphatic heterocycles. The second kappa shape index (κ2) is 6.60. The Morgan fingerprint density at radius 3 is 2.63 bits per heavy atom. The van der Waals surface area contributed by atoms with E-state index in [1.807, 2.05) is 12.1 Å². The minimum absolute atomic E-state index is 0.00316. The number of benzene rings is 2. The lowest BCUT2D eigenvalue weighted by Gasteiger charge is -2.23.